The van der Waals surface area contributed by atoms with E-state index in [4.69, 9.17) is 0 Å². The molecular weight excluding hydrogens is 468 g/mol. The summed E-state index contributed by atoms with van der Waals surface area (Å²) in [6.07, 6.45) is 5.84. The number of alkyl halides is 1. The first kappa shape index (κ1) is 27.1. The maximum absolute atomic E-state index is 13.0. The average Bonchev–Trinajstić information content (AvgIpc) is 3.46. The van der Waals surface area contributed by atoms with Crippen molar-refractivity contribution in [2.45, 2.75) is 70.0 Å². The van der Waals surface area contributed by atoms with Gasteiger partial charge in [0.05, 0.1) is 5.69 Å². The number of hydrogen-bond acceptors (Lipinski definition) is 5. The van der Waals surface area contributed by atoms with E-state index in [9.17, 15) is 17.6 Å². The van der Waals surface area contributed by atoms with Crippen LogP contribution in [0.3, 0.4) is 0 Å². The van der Waals surface area contributed by atoms with Crippen molar-refractivity contribution in [1.29, 1.82) is 0 Å². The first-order chi connectivity index (χ1) is 15.7. The Morgan fingerprint density at radius 1 is 1.15 bits per heavy atom. The quantitative estimate of drug-likeness (QED) is 0.544. The van der Waals surface area contributed by atoms with Crippen molar-refractivity contribution in [3.8, 4) is 0 Å². The van der Waals surface area contributed by atoms with E-state index in [2.05, 4.69) is 21.2 Å². The number of aryl methyl sites for hydroxylation is 2. The van der Waals surface area contributed by atoms with Crippen LogP contribution in [0.2, 0.25) is 0 Å². The van der Waals surface area contributed by atoms with Gasteiger partial charge in [0.1, 0.15) is 6.67 Å². The monoisotopic (exact) mass is 500 g/mol. The summed E-state index contributed by atoms with van der Waals surface area (Å²) in [5, 5.41) is 6.86. The molecule has 2 aromatic rings. The number of nitrogens with zero attached hydrogens (tertiary/aromatic N) is 3. The molecule has 0 bridgehead atoms. The number of nitrogens with one attached hydrogen (secondary N) is 2. The second-order valence-corrected chi connectivity index (χ2v) is 10.9. The number of aromatic nitrogens is 2. The van der Waals surface area contributed by atoms with Gasteiger partial charge in [-0.15, -0.1) is 0 Å². The number of urea groups is 1. The van der Waals surface area contributed by atoms with Gasteiger partial charge in [0.2, 0.25) is 0 Å². The van der Waals surface area contributed by atoms with Crippen LogP contribution in [0.4, 0.5) is 14.9 Å². The molecule has 34 heavy (non-hydrogen) atoms. The van der Waals surface area contributed by atoms with Gasteiger partial charge in [-0.05, 0) is 81.7 Å². The second-order valence-electron chi connectivity index (χ2n) is 9.23. The van der Waals surface area contributed by atoms with E-state index in [0.29, 0.717) is 12.2 Å². The van der Waals surface area contributed by atoms with Gasteiger partial charge in [0, 0.05) is 60.4 Å². The Hall–Kier alpha value is -1.46. The number of anilines is 1. The van der Waals surface area contributed by atoms with Crippen molar-refractivity contribution in [2.75, 3.05) is 25.6 Å². The Morgan fingerprint density at radius 2 is 1.76 bits per heavy atom. The van der Waals surface area contributed by atoms with Gasteiger partial charge >= 0.3 is 6.03 Å². The summed E-state index contributed by atoms with van der Waals surface area (Å²) >= 11 is 0. The van der Waals surface area contributed by atoms with Crippen LogP contribution in [0.1, 0.15) is 60.7 Å². The molecule has 0 unspecified atom stereocenters. The van der Waals surface area contributed by atoms with E-state index in [1.807, 2.05) is 13.8 Å². The molecule has 181 valence electrons. The number of hydrogen-bond donors (Lipinski definition) is 2. The number of sulfonamides is 1. The molecule has 11 heteroatoms. The Balaban J connectivity index is 0.00000324. The first-order valence-corrected chi connectivity index (χ1v) is 13.0. The molecule has 1 radical (unpaired) electrons. The summed E-state index contributed by atoms with van der Waals surface area (Å²) in [6, 6.07) is 2.83. The molecule has 4 rings (SSSR count). The molecule has 2 N–H and O–H groups in total. The molecule has 1 heterocycles. The van der Waals surface area contributed by atoms with E-state index < -0.39 is 22.7 Å². The summed E-state index contributed by atoms with van der Waals surface area (Å²) in [4.78, 5) is 14.6. The normalized spacial score (nSPS) is 14.8. The van der Waals surface area contributed by atoms with Gasteiger partial charge in [-0.3, -0.25) is 9.58 Å². The van der Waals surface area contributed by atoms with Crippen molar-refractivity contribution >= 4 is 51.3 Å². The second kappa shape index (κ2) is 11.1. The summed E-state index contributed by atoms with van der Waals surface area (Å²) in [5.74, 6) is 0. The van der Waals surface area contributed by atoms with E-state index in [-0.39, 0.29) is 47.2 Å². The predicted molar refractivity (Wildman–Crippen MR) is 131 cm³/mol. The zero-order chi connectivity index (χ0) is 23.8. The third-order valence-corrected chi connectivity index (χ3v) is 7.60. The summed E-state index contributed by atoms with van der Waals surface area (Å²) in [5.41, 5.74) is 6.20. The fourth-order valence-electron chi connectivity index (χ4n) is 4.88. The third kappa shape index (κ3) is 5.67. The van der Waals surface area contributed by atoms with Crippen LogP contribution >= 0.6 is 0 Å². The van der Waals surface area contributed by atoms with Gasteiger partial charge in [-0.1, -0.05) is 6.07 Å². The van der Waals surface area contributed by atoms with Crippen LogP contribution < -0.4 is 10.0 Å². The fraction of sp³-hybridized carbons (Fsp3) is 0.565. The first-order valence-electron chi connectivity index (χ1n) is 11.5. The molecule has 1 aromatic heterocycles. The van der Waals surface area contributed by atoms with Crippen LogP contribution in [-0.4, -0.2) is 79.0 Å². The fourth-order valence-corrected chi connectivity index (χ4v) is 5.77. The molecule has 0 saturated carbocycles. The van der Waals surface area contributed by atoms with E-state index in [1.165, 1.54) is 17.2 Å². The number of rotatable bonds is 8. The SMILES string of the molecule is CC(C)n1nc(S(=O)(=O)NC(=O)Nc2c3c(cc4c2CCC4)CCC3)cc1CN(C)CCF.[Na]. The van der Waals surface area contributed by atoms with E-state index in [0.717, 1.165) is 55.3 Å². The maximum atomic E-state index is 13.0. The zero-order valence-corrected chi connectivity index (χ0v) is 23.3. The van der Waals surface area contributed by atoms with E-state index in [1.54, 1.807) is 16.6 Å². The van der Waals surface area contributed by atoms with Gasteiger partial charge in [-0.25, -0.2) is 13.9 Å². The van der Waals surface area contributed by atoms with Gasteiger partial charge in [-0.2, -0.15) is 13.5 Å². The van der Waals surface area contributed by atoms with Crippen molar-refractivity contribution in [3.63, 3.8) is 0 Å². The molecule has 0 spiro atoms. The van der Waals surface area contributed by atoms with Gasteiger partial charge < -0.3 is 5.32 Å². The summed E-state index contributed by atoms with van der Waals surface area (Å²) in [6.45, 7) is 3.86. The van der Waals surface area contributed by atoms with Crippen molar-refractivity contribution < 1.29 is 17.6 Å². The van der Waals surface area contributed by atoms with Crippen LogP contribution in [0.5, 0.6) is 0 Å². The largest absolute Gasteiger partial charge is 0.333 e. The van der Waals surface area contributed by atoms with Crippen LogP contribution in [0, 0.1) is 0 Å². The summed E-state index contributed by atoms with van der Waals surface area (Å²) < 4.78 is 42.4. The average molecular weight is 501 g/mol. The number of amides is 2. The number of carbonyl (C=O) groups excluding carboxylic acids is 1. The van der Waals surface area contributed by atoms with Crippen molar-refractivity contribution in [1.82, 2.24) is 19.4 Å². The minimum absolute atomic E-state index is 0. The predicted octanol–water partition coefficient (Wildman–Crippen LogP) is 2.97. The smallest absolute Gasteiger partial charge is 0.307 e. The Kier molecular flexibility index (Phi) is 8.84. The molecule has 0 atom stereocenters. The molecule has 0 fully saturated rings. The Bertz CT molecular complexity index is 1130. The van der Waals surface area contributed by atoms with Crippen LogP contribution in [0.15, 0.2) is 17.2 Å². The van der Waals surface area contributed by atoms with Crippen LogP contribution in [0.25, 0.3) is 0 Å². The Morgan fingerprint density at radius 3 is 2.32 bits per heavy atom. The molecular formula is C23H32FN5NaO3S. The molecule has 0 saturated heterocycles. The Labute approximate surface area is 223 Å². The minimum atomic E-state index is -4.18. The van der Waals surface area contributed by atoms with Gasteiger partial charge in [0.25, 0.3) is 10.0 Å². The molecule has 2 aliphatic rings. The standard InChI is InChI=1S/C23H32FN5O3S.Na/c1-15(2)29-18(14-28(3)11-10-24)13-21(26-29)33(31,32)27-23(30)25-22-19-8-4-6-16(19)12-17-7-5-9-20(17)22;/h12-13,15H,4-11,14H2,1-3H3,(H2,25,27,30);. The number of halogens is 1. The molecule has 1 aromatic carbocycles. The van der Waals surface area contributed by atoms with Crippen molar-refractivity contribution in [2.24, 2.45) is 0 Å². The number of benzene rings is 1. The number of fused-ring (bicyclic) bond motifs is 2. The van der Waals surface area contributed by atoms with E-state index >= 15 is 0 Å². The molecule has 2 aliphatic carbocycles. The van der Waals surface area contributed by atoms with Crippen molar-refractivity contribution in [3.05, 3.63) is 40.1 Å². The number of carbonyl (C=O) groups is 1. The molecule has 8 nitrogen and oxygen atoms in total. The topological polar surface area (TPSA) is 96.3 Å². The zero-order valence-electron chi connectivity index (χ0n) is 20.4. The molecule has 2 amide bonds. The minimum Gasteiger partial charge on any atom is -0.307 e. The third-order valence-electron chi connectivity index (χ3n) is 6.39. The van der Waals surface area contributed by atoms with Crippen LogP contribution in [-0.2, 0) is 42.3 Å². The summed E-state index contributed by atoms with van der Waals surface area (Å²) in [7, 11) is -2.42. The van der Waals surface area contributed by atoms with Gasteiger partial charge in [0.15, 0.2) is 5.03 Å². The maximum Gasteiger partial charge on any atom is 0.333 e. The molecule has 0 aliphatic heterocycles.